The van der Waals surface area contributed by atoms with Gasteiger partial charge in [-0.25, -0.2) is 5.43 Å². The maximum atomic E-state index is 12.0. The number of nitrogens with zero attached hydrogens (tertiary/aromatic N) is 2. The molecule has 0 unspecified atom stereocenters. The number of hydrogen-bond donors (Lipinski definition) is 2. The molecule has 0 aliphatic carbocycles. The van der Waals surface area contributed by atoms with Gasteiger partial charge in [0.25, 0.3) is 11.6 Å². The first-order valence-electron chi connectivity index (χ1n) is 9.48. The second kappa shape index (κ2) is 8.91. The summed E-state index contributed by atoms with van der Waals surface area (Å²) in [6.45, 7) is 0.0509. The fraction of sp³-hybridized carbons (Fsp3) is 0.0435. The number of nitro groups is 1. The summed E-state index contributed by atoms with van der Waals surface area (Å²) in [6, 6.07) is 23.4. The summed E-state index contributed by atoms with van der Waals surface area (Å²) in [5.74, 6) is 0.379. The molecule has 8 heteroatoms. The molecule has 0 saturated carbocycles. The van der Waals surface area contributed by atoms with Crippen LogP contribution in [-0.4, -0.2) is 23.6 Å². The number of hydrogen-bond acceptors (Lipinski definition) is 6. The van der Waals surface area contributed by atoms with Gasteiger partial charge in [-0.3, -0.25) is 14.9 Å². The van der Waals surface area contributed by atoms with E-state index in [1.165, 1.54) is 12.3 Å². The highest BCUT2D eigenvalue weighted by atomic mass is 16.6. The number of carbonyl (C=O) groups excluding carboxylic acids is 1. The number of amides is 1. The first-order chi connectivity index (χ1) is 15.1. The Morgan fingerprint density at radius 3 is 2.61 bits per heavy atom. The summed E-state index contributed by atoms with van der Waals surface area (Å²) in [7, 11) is 0. The van der Waals surface area contributed by atoms with Gasteiger partial charge < -0.3 is 9.73 Å². The zero-order valence-electron chi connectivity index (χ0n) is 16.3. The zero-order valence-corrected chi connectivity index (χ0v) is 16.3. The standard InChI is InChI=1S/C23H18N4O4/c28-23(15-24-18-10-9-16-5-1-2-6-17(16)13-18)26-25-14-19-11-12-22(31-19)20-7-3-4-8-21(20)27(29)30/h1-14,24H,15H2,(H,26,28)/b25-14+. The van der Waals surface area contributed by atoms with Crippen molar-refractivity contribution in [3.63, 3.8) is 0 Å². The van der Waals surface area contributed by atoms with Crippen molar-refractivity contribution >= 4 is 34.3 Å². The number of furan rings is 1. The van der Waals surface area contributed by atoms with Gasteiger partial charge in [0.05, 0.1) is 23.2 Å². The van der Waals surface area contributed by atoms with Gasteiger partial charge >= 0.3 is 0 Å². The third-order valence-electron chi connectivity index (χ3n) is 4.58. The third kappa shape index (κ3) is 4.76. The summed E-state index contributed by atoms with van der Waals surface area (Å²) < 4.78 is 5.59. The van der Waals surface area contributed by atoms with E-state index in [4.69, 9.17) is 4.42 Å². The molecular weight excluding hydrogens is 396 g/mol. The number of fused-ring (bicyclic) bond motifs is 1. The molecule has 3 aromatic carbocycles. The molecule has 1 amide bonds. The van der Waals surface area contributed by atoms with Gasteiger partial charge in [0.15, 0.2) is 0 Å². The van der Waals surface area contributed by atoms with Crippen molar-refractivity contribution in [3.8, 4) is 11.3 Å². The molecule has 4 rings (SSSR count). The molecule has 31 heavy (non-hydrogen) atoms. The zero-order chi connectivity index (χ0) is 21.6. The molecule has 0 radical (unpaired) electrons. The molecule has 1 aromatic heterocycles. The molecule has 0 atom stereocenters. The lowest BCUT2D eigenvalue weighted by atomic mass is 10.1. The average Bonchev–Trinajstić information content (AvgIpc) is 3.26. The van der Waals surface area contributed by atoms with Crippen LogP contribution in [0.3, 0.4) is 0 Å². The highest BCUT2D eigenvalue weighted by Crippen LogP contribution is 2.30. The molecule has 0 fully saturated rings. The summed E-state index contributed by atoms with van der Waals surface area (Å²) in [6.07, 6.45) is 1.34. The number of para-hydroxylation sites is 1. The van der Waals surface area contributed by atoms with Gasteiger partial charge in [-0.1, -0.05) is 42.5 Å². The topological polar surface area (TPSA) is 110 Å². The number of hydrazone groups is 1. The number of carbonyl (C=O) groups is 1. The Hall–Kier alpha value is -4.46. The molecule has 0 aliphatic heterocycles. The van der Waals surface area contributed by atoms with Crippen LogP contribution in [0, 0.1) is 10.1 Å². The van der Waals surface area contributed by atoms with E-state index in [0.717, 1.165) is 16.5 Å². The van der Waals surface area contributed by atoms with Crippen molar-refractivity contribution in [2.24, 2.45) is 5.10 Å². The predicted molar refractivity (Wildman–Crippen MR) is 119 cm³/mol. The van der Waals surface area contributed by atoms with Crippen LogP contribution in [0.5, 0.6) is 0 Å². The number of rotatable bonds is 7. The first kappa shape index (κ1) is 19.8. The summed E-state index contributed by atoms with van der Waals surface area (Å²) in [4.78, 5) is 22.7. The minimum Gasteiger partial charge on any atom is -0.455 e. The molecule has 0 spiro atoms. The van der Waals surface area contributed by atoms with Crippen LogP contribution in [0.4, 0.5) is 11.4 Å². The van der Waals surface area contributed by atoms with E-state index in [1.54, 1.807) is 30.3 Å². The van der Waals surface area contributed by atoms with Gasteiger partial charge in [0.2, 0.25) is 0 Å². The second-order valence-corrected chi connectivity index (χ2v) is 6.68. The van der Waals surface area contributed by atoms with E-state index < -0.39 is 4.92 Å². The monoisotopic (exact) mass is 414 g/mol. The van der Waals surface area contributed by atoms with E-state index in [0.29, 0.717) is 17.1 Å². The molecule has 0 saturated heterocycles. The Bertz CT molecular complexity index is 1280. The Kier molecular flexibility index (Phi) is 5.70. The van der Waals surface area contributed by atoms with Crippen LogP contribution in [0.2, 0.25) is 0 Å². The van der Waals surface area contributed by atoms with Gasteiger partial charge in [-0.2, -0.15) is 5.10 Å². The quantitative estimate of drug-likeness (QED) is 0.261. The Balaban J connectivity index is 1.33. The Labute approximate surface area is 177 Å². The van der Waals surface area contributed by atoms with E-state index in [1.807, 2.05) is 42.5 Å². The van der Waals surface area contributed by atoms with Gasteiger partial charge in [-0.15, -0.1) is 0 Å². The smallest absolute Gasteiger partial charge is 0.280 e. The van der Waals surface area contributed by atoms with Crippen LogP contribution < -0.4 is 10.7 Å². The lowest BCUT2D eigenvalue weighted by Crippen LogP contribution is -2.25. The van der Waals surface area contributed by atoms with Crippen LogP contribution in [0.1, 0.15) is 5.76 Å². The predicted octanol–water partition coefficient (Wildman–Crippen LogP) is 4.57. The van der Waals surface area contributed by atoms with Gasteiger partial charge in [0.1, 0.15) is 11.5 Å². The Morgan fingerprint density at radius 1 is 1.00 bits per heavy atom. The maximum absolute atomic E-state index is 12.0. The summed E-state index contributed by atoms with van der Waals surface area (Å²) in [5.41, 5.74) is 3.57. The largest absolute Gasteiger partial charge is 0.455 e. The molecular formula is C23H18N4O4. The molecule has 1 heterocycles. The first-order valence-corrected chi connectivity index (χ1v) is 9.48. The average molecular weight is 414 g/mol. The number of benzene rings is 3. The molecule has 2 N–H and O–H groups in total. The highest BCUT2D eigenvalue weighted by molar-refractivity contribution is 5.87. The lowest BCUT2D eigenvalue weighted by Gasteiger charge is -2.06. The fourth-order valence-electron chi connectivity index (χ4n) is 3.10. The van der Waals surface area contributed by atoms with E-state index in [-0.39, 0.29) is 18.1 Å². The van der Waals surface area contributed by atoms with Crippen LogP contribution in [0.25, 0.3) is 22.1 Å². The summed E-state index contributed by atoms with van der Waals surface area (Å²) >= 11 is 0. The highest BCUT2D eigenvalue weighted by Gasteiger charge is 2.16. The van der Waals surface area contributed by atoms with Crippen molar-refractivity contribution in [3.05, 3.63) is 94.7 Å². The van der Waals surface area contributed by atoms with Crippen molar-refractivity contribution in [2.75, 3.05) is 11.9 Å². The molecule has 0 aliphatic rings. The molecule has 154 valence electrons. The third-order valence-corrected chi connectivity index (χ3v) is 4.58. The van der Waals surface area contributed by atoms with E-state index in [9.17, 15) is 14.9 Å². The number of anilines is 1. The van der Waals surface area contributed by atoms with E-state index >= 15 is 0 Å². The van der Waals surface area contributed by atoms with Crippen molar-refractivity contribution in [2.45, 2.75) is 0 Å². The molecule has 0 bridgehead atoms. The molecule has 8 nitrogen and oxygen atoms in total. The summed E-state index contributed by atoms with van der Waals surface area (Å²) in [5, 5.41) is 20.3. The minimum absolute atomic E-state index is 0.0478. The Morgan fingerprint density at radius 2 is 1.77 bits per heavy atom. The maximum Gasteiger partial charge on any atom is 0.280 e. The van der Waals surface area contributed by atoms with Crippen molar-refractivity contribution < 1.29 is 14.1 Å². The normalized spacial score (nSPS) is 11.0. The van der Waals surface area contributed by atoms with Crippen molar-refractivity contribution in [1.82, 2.24) is 5.43 Å². The van der Waals surface area contributed by atoms with E-state index in [2.05, 4.69) is 15.8 Å². The molecule has 4 aromatic rings. The second-order valence-electron chi connectivity index (χ2n) is 6.68. The van der Waals surface area contributed by atoms with Gasteiger partial charge in [-0.05, 0) is 41.1 Å². The SMILES string of the molecule is O=C(CNc1ccc2ccccc2c1)N/N=C/c1ccc(-c2ccccc2[N+](=O)[O-])o1. The van der Waals surface area contributed by atoms with Gasteiger partial charge in [0, 0.05) is 11.8 Å². The lowest BCUT2D eigenvalue weighted by molar-refractivity contribution is -0.384. The van der Waals surface area contributed by atoms with Crippen LogP contribution >= 0.6 is 0 Å². The minimum atomic E-state index is -0.464. The fourth-order valence-corrected chi connectivity index (χ4v) is 3.10. The van der Waals surface area contributed by atoms with Crippen molar-refractivity contribution in [1.29, 1.82) is 0 Å². The van der Waals surface area contributed by atoms with Crippen LogP contribution in [0.15, 0.2) is 88.4 Å². The number of nitrogens with one attached hydrogen (secondary N) is 2. The number of nitro benzene ring substituents is 1. The van der Waals surface area contributed by atoms with Crippen LogP contribution in [-0.2, 0) is 4.79 Å².